The van der Waals surface area contributed by atoms with E-state index in [-0.39, 0.29) is 0 Å². The molecule has 1 fully saturated rings. The third-order valence-electron chi connectivity index (χ3n) is 5.00. The van der Waals surface area contributed by atoms with Gasteiger partial charge in [-0.1, -0.05) is 0 Å². The van der Waals surface area contributed by atoms with Gasteiger partial charge in [-0.05, 0) is 56.6 Å². The molecule has 1 aromatic carbocycles. The van der Waals surface area contributed by atoms with Crippen molar-refractivity contribution in [3.63, 3.8) is 0 Å². The fourth-order valence-electron chi connectivity index (χ4n) is 3.80. The van der Waals surface area contributed by atoms with Crippen LogP contribution in [0.4, 0.5) is 17.1 Å². The maximum Gasteiger partial charge on any atom is 0.101 e. The molecule has 122 valence electrons. The van der Waals surface area contributed by atoms with E-state index >= 15 is 0 Å². The molecule has 1 aromatic heterocycles. The molecule has 0 bridgehead atoms. The molecule has 24 heavy (non-hydrogen) atoms. The van der Waals surface area contributed by atoms with Gasteiger partial charge < -0.3 is 16.0 Å². The molecule has 0 aliphatic carbocycles. The predicted molar refractivity (Wildman–Crippen MR) is 95.8 cm³/mol. The fourth-order valence-corrected chi connectivity index (χ4v) is 3.80. The van der Waals surface area contributed by atoms with Crippen LogP contribution in [0.5, 0.6) is 0 Å². The van der Waals surface area contributed by atoms with Gasteiger partial charge in [0.15, 0.2) is 0 Å². The molecule has 0 saturated carbocycles. The van der Waals surface area contributed by atoms with Crippen LogP contribution in [0, 0.1) is 25.2 Å². The number of anilines is 3. The molecule has 2 atom stereocenters. The van der Waals surface area contributed by atoms with Crippen LogP contribution in [-0.4, -0.2) is 24.1 Å². The number of nitrogens with zero attached hydrogens (tertiary/aromatic N) is 2. The molecule has 0 spiro atoms. The van der Waals surface area contributed by atoms with Crippen LogP contribution in [-0.2, 0) is 0 Å². The first-order valence-corrected chi connectivity index (χ1v) is 8.42. The van der Waals surface area contributed by atoms with E-state index in [4.69, 9.17) is 0 Å². The second-order valence-corrected chi connectivity index (χ2v) is 6.66. The summed E-state index contributed by atoms with van der Waals surface area (Å²) in [5, 5.41) is 20.0. The Morgan fingerprint density at radius 2 is 2.17 bits per heavy atom. The average molecular weight is 319 g/mol. The molecule has 5 heteroatoms. The molecule has 2 unspecified atom stereocenters. The smallest absolute Gasteiger partial charge is 0.101 e. The van der Waals surface area contributed by atoms with E-state index in [1.54, 1.807) is 0 Å². The highest BCUT2D eigenvalue weighted by Gasteiger charge is 2.35. The number of nitriles is 1. The van der Waals surface area contributed by atoms with Gasteiger partial charge in [0.2, 0.25) is 0 Å². The van der Waals surface area contributed by atoms with Gasteiger partial charge in [-0.3, -0.25) is 4.98 Å². The largest absolute Gasteiger partial charge is 0.380 e. The van der Waals surface area contributed by atoms with E-state index < -0.39 is 0 Å². The Morgan fingerprint density at radius 1 is 1.29 bits per heavy atom. The summed E-state index contributed by atoms with van der Waals surface area (Å²) in [4.78, 5) is 4.50. The normalized spacial score (nSPS) is 21.4. The lowest BCUT2D eigenvalue weighted by Gasteiger charge is -2.26. The van der Waals surface area contributed by atoms with Crippen molar-refractivity contribution in [3.05, 3.63) is 46.8 Å². The van der Waals surface area contributed by atoms with Crippen LogP contribution >= 0.6 is 0 Å². The molecule has 3 N–H and O–H groups in total. The van der Waals surface area contributed by atoms with Crippen molar-refractivity contribution in [3.8, 4) is 6.07 Å². The molecule has 2 aliphatic heterocycles. The maximum atomic E-state index is 9.57. The zero-order chi connectivity index (χ0) is 16.7. The SMILES string of the molecule is Cc1ccc(Nc2cc(C#N)c3c(c2)C2CNCCC2N3)c(C)n1. The van der Waals surface area contributed by atoms with Crippen molar-refractivity contribution in [2.75, 3.05) is 23.7 Å². The van der Waals surface area contributed by atoms with Gasteiger partial charge in [-0.15, -0.1) is 0 Å². The Balaban J connectivity index is 1.72. The summed E-state index contributed by atoms with van der Waals surface area (Å²) in [6.45, 7) is 5.98. The number of aromatic nitrogens is 1. The molecule has 1 saturated heterocycles. The maximum absolute atomic E-state index is 9.57. The highest BCUT2D eigenvalue weighted by Crippen LogP contribution is 2.42. The van der Waals surface area contributed by atoms with Crippen LogP contribution in [0.25, 0.3) is 0 Å². The van der Waals surface area contributed by atoms with Gasteiger partial charge in [-0.2, -0.15) is 5.26 Å². The Kier molecular flexibility index (Phi) is 3.62. The quantitative estimate of drug-likeness (QED) is 0.793. The molecule has 4 rings (SSSR count). The van der Waals surface area contributed by atoms with Crippen molar-refractivity contribution in [2.24, 2.45) is 0 Å². The molecule has 0 amide bonds. The summed E-state index contributed by atoms with van der Waals surface area (Å²) in [5.41, 5.74) is 6.87. The Labute approximate surface area is 142 Å². The number of pyridine rings is 1. The van der Waals surface area contributed by atoms with Gasteiger partial charge in [-0.25, -0.2) is 0 Å². The van der Waals surface area contributed by atoms with Crippen LogP contribution in [0.15, 0.2) is 24.3 Å². The third-order valence-corrected chi connectivity index (χ3v) is 5.00. The number of rotatable bonds is 2. The Hall–Kier alpha value is -2.58. The van der Waals surface area contributed by atoms with Crippen LogP contribution in [0.3, 0.4) is 0 Å². The van der Waals surface area contributed by atoms with E-state index in [1.165, 1.54) is 5.56 Å². The first-order chi connectivity index (χ1) is 11.7. The van der Waals surface area contributed by atoms with Crippen molar-refractivity contribution in [1.82, 2.24) is 10.3 Å². The first kappa shape index (κ1) is 15.0. The van der Waals surface area contributed by atoms with E-state index in [0.29, 0.717) is 17.5 Å². The molecule has 0 radical (unpaired) electrons. The van der Waals surface area contributed by atoms with Gasteiger partial charge in [0.1, 0.15) is 6.07 Å². The predicted octanol–water partition coefficient (Wildman–Crippen LogP) is 3.18. The van der Waals surface area contributed by atoms with Gasteiger partial charge in [0, 0.05) is 29.9 Å². The van der Waals surface area contributed by atoms with Gasteiger partial charge in [0.25, 0.3) is 0 Å². The second-order valence-electron chi connectivity index (χ2n) is 6.66. The van der Waals surface area contributed by atoms with E-state index in [0.717, 1.165) is 48.0 Å². The summed E-state index contributed by atoms with van der Waals surface area (Å²) in [6.07, 6.45) is 1.09. The van der Waals surface area contributed by atoms with Crippen molar-refractivity contribution in [2.45, 2.75) is 32.2 Å². The number of hydrogen-bond donors (Lipinski definition) is 3. The summed E-state index contributed by atoms with van der Waals surface area (Å²) in [5.74, 6) is 0.430. The van der Waals surface area contributed by atoms with Crippen LogP contribution in [0.2, 0.25) is 0 Å². The lowest BCUT2D eigenvalue weighted by molar-refractivity contribution is 0.440. The van der Waals surface area contributed by atoms with Crippen molar-refractivity contribution in [1.29, 1.82) is 5.26 Å². The minimum atomic E-state index is 0.430. The summed E-state index contributed by atoms with van der Waals surface area (Å²) >= 11 is 0. The van der Waals surface area contributed by atoms with E-state index in [2.05, 4.69) is 33.1 Å². The minimum absolute atomic E-state index is 0.430. The lowest BCUT2D eigenvalue weighted by Crippen LogP contribution is -2.38. The number of hydrogen-bond acceptors (Lipinski definition) is 5. The Bertz CT molecular complexity index is 836. The molecule has 2 aromatic rings. The number of aryl methyl sites for hydroxylation is 2. The van der Waals surface area contributed by atoms with Crippen molar-refractivity contribution < 1.29 is 0 Å². The number of piperidine rings is 1. The fraction of sp³-hybridized carbons (Fsp3) is 0.368. The minimum Gasteiger partial charge on any atom is -0.380 e. The molecular weight excluding hydrogens is 298 g/mol. The number of benzene rings is 1. The Morgan fingerprint density at radius 3 is 2.96 bits per heavy atom. The number of fused-ring (bicyclic) bond motifs is 3. The monoisotopic (exact) mass is 319 g/mol. The zero-order valence-corrected chi connectivity index (χ0v) is 14.0. The lowest BCUT2D eigenvalue weighted by atomic mass is 9.89. The zero-order valence-electron chi connectivity index (χ0n) is 14.0. The third kappa shape index (κ3) is 2.49. The second kappa shape index (κ2) is 5.81. The van der Waals surface area contributed by atoms with Crippen molar-refractivity contribution >= 4 is 17.1 Å². The summed E-state index contributed by atoms with van der Waals surface area (Å²) in [7, 11) is 0. The highest BCUT2D eigenvalue weighted by atomic mass is 15.0. The van der Waals surface area contributed by atoms with Crippen LogP contribution < -0.4 is 16.0 Å². The van der Waals surface area contributed by atoms with Gasteiger partial charge >= 0.3 is 0 Å². The van der Waals surface area contributed by atoms with Gasteiger partial charge in [0.05, 0.1) is 22.6 Å². The van der Waals surface area contributed by atoms with E-state index in [1.807, 2.05) is 32.0 Å². The summed E-state index contributed by atoms with van der Waals surface area (Å²) in [6, 6.07) is 10.9. The molecule has 3 heterocycles. The highest BCUT2D eigenvalue weighted by molar-refractivity contribution is 5.75. The topological polar surface area (TPSA) is 72.8 Å². The number of nitrogens with one attached hydrogen (secondary N) is 3. The first-order valence-electron chi connectivity index (χ1n) is 8.42. The van der Waals surface area contributed by atoms with Crippen LogP contribution in [0.1, 0.15) is 34.9 Å². The molecule has 2 aliphatic rings. The summed E-state index contributed by atoms with van der Waals surface area (Å²) < 4.78 is 0. The molecule has 5 nitrogen and oxygen atoms in total. The average Bonchev–Trinajstić information content (AvgIpc) is 2.95. The van der Waals surface area contributed by atoms with E-state index in [9.17, 15) is 5.26 Å². The standard InChI is InChI=1S/C19H21N5/c1-11-3-4-17(12(2)22-11)23-14-7-13(9-20)19-15(8-14)16-10-21-6-5-18(16)24-19/h3-4,7-8,16,18,21,23-24H,5-6,10H2,1-2H3. The molecular formula is C19H21N5.